The fraction of sp³-hybridized carbons (Fsp3) is 0.278. The van der Waals surface area contributed by atoms with Gasteiger partial charge in [0.2, 0.25) is 0 Å². The SMILES string of the molecule is CCN(CC)c1ccc(C=Nc2ccc(I)cc2C)cc1[N+](=O)[O-]. The smallest absolute Gasteiger partial charge is 0.293 e. The average Bonchev–Trinajstić information content (AvgIpc) is 2.55. The molecule has 0 unspecified atom stereocenters. The minimum atomic E-state index is -0.332. The lowest BCUT2D eigenvalue weighted by atomic mass is 10.1. The van der Waals surface area contributed by atoms with E-state index in [-0.39, 0.29) is 10.6 Å². The Morgan fingerprint density at radius 1 is 1.21 bits per heavy atom. The molecular formula is C18H20IN3O2. The quantitative estimate of drug-likeness (QED) is 0.273. The number of aliphatic imine (C=N–C) groups is 1. The predicted octanol–water partition coefficient (Wildman–Crippen LogP) is 5.10. The van der Waals surface area contributed by atoms with Crippen LogP contribution in [-0.2, 0) is 0 Å². The molecule has 0 saturated carbocycles. The zero-order valence-electron chi connectivity index (χ0n) is 14.0. The van der Waals surface area contributed by atoms with Crippen molar-refractivity contribution in [3.8, 4) is 0 Å². The van der Waals surface area contributed by atoms with E-state index in [1.165, 1.54) is 0 Å². The number of nitro benzene ring substituents is 1. The Morgan fingerprint density at radius 3 is 2.50 bits per heavy atom. The summed E-state index contributed by atoms with van der Waals surface area (Å²) >= 11 is 2.26. The highest BCUT2D eigenvalue weighted by Gasteiger charge is 2.18. The number of anilines is 1. The standard InChI is InChI=1S/C18H20IN3O2/c1-4-21(5-2)17-9-6-14(11-18(17)22(23)24)12-20-16-8-7-15(19)10-13(16)3/h6-12H,4-5H2,1-3H3. The highest BCUT2D eigenvalue weighted by atomic mass is 127. The second kappa shape index (κ2) is 8.23. The van der Waals surface area contributed by atoms with Crippen molar-refractivity contribution in [2.75, 3.05) is 18.0 Å². The topological polar surface area (TPSA) is 58.7 Å². The van der Waals surface area contributed by atoms with Crippen LogP contribution in [0, 0.1) is 20.6 Å². The van der Waals surface area contributed by atoms with Crippen LogP contribution in [0.1, 0.15) is 25.0 Å². The Labute approximate surface area is 155 Å². The molecule has 0 aliphatic heterocycles. The largest absolute Gasteiger partial charge is 0.367 e. The molecule has 0 saturated heterocycles. The number of halogens is 1. The number of hydrogen-bond donors (Lipinski definition) is 0. The van der Waals surface area contributed by atoms with Gasteiger partial charge in [0.25, 0.3) is 5.69 Å². The monoisotopic (exact) mass is 437 g/mol. The third-order valence-corrected chi connectivity index (χ3v) is 4.48. The molecule has 0 fully saturated rings. The number of aryl methyl sites for hydroxylation is 1. The lowest BCUT2D eigenvalue weighted by Gasteiger charge is -2.20. The molecule has 0 heterocycles. The van der Waals surface area contributed by atoms with E-state index in [2.05, 4.69) is 33.6 Å². The highest BCUT2D eigenvalue weighted by Crippen LogP contribution is 2.29. The Hall–Kier alpha value is -1.96. The van der Waals surface area contributed by atoms with Crippen molar-refractivity contribution in [1.29, 1.82) is 0 Å². The van der Waals surface area contributed by atoms with Crippen molar-refractivity contribution in [3.05, 3.63) is 61.2 Å². The molecule has 6 heteroatoms. The third kappa shape index (κ3) is 4.31. The van der Waals surface area contributed by atoms with Gasteiger partial charge in [-0.1, -0.05) is 6.07 Å². The number of nitrogens with zero attached hydrogens (tertiary/aromatic N) is 3. The molecule has 5 nitrogen and oxygen atoms in total. The normalized spacial score (nSPS) is 11.0. The van der Waals surface area contributed by atoms with Crippen LogP contribution in [-0.4, -0.2) is 24.2 Å². The second-order valence-electron chi connectivity index (χ2n) is 5.37. The first-order chi connectivity index (χ1) is 11.5. The molecule has 2 rings (SSSR count). The van der Waals surface area contributed by atoms with E-state index in [1.807, 2.05) is 43.9 Å². The van der Waals surface area contributed by atoms with Gasteiger partial charge in [0.15, 0.2) is 0 Å². The summed E-state index contributed by atoms with van der Waals surface area (Å²) < 4.78 is 1.16. The Morgan fingerprint density at radius 2 is 1.92 bits per heavy atom. The lowest BCUT2D eigenvalue weighted by molar-refractivity contribution is -0.384. The Bertz CT molecular complexity index is 771. The van der Waals surface area contributed by atoms with E-state index < -0.39 is 0 Å². The summed E-state index contributed by atoms with van der Waals surface area (Å²) in [6, 6.07) is 11.2. The molecule has 0 amide bonds. The fourth-order valence-corrected chi connectivity index (χ4v) is 3.15. The van der Waals surface area contributed by atoms with Crippen molar-refractivity contribution in [1.82, 2.24) is 0 Å². The first kappa shape index (κ1) is 18.4. The molecule has 0 aromatic heterocycles. The van der Waals surface area contributed by atoms with Gasteiger partial charge in [-0.05, 0) is 78.8 Å². The van der Waals surface area contributed by atoms with Crippen molar-refractivity contribution in [2.24, 2.45) is 4.99 Å². The second-order valence-corrected chi connectivity index (χ2v) is 6.61. The molecule has 0 aliphatic rings. The molecular weight excluding hydrogens is 417 g/mol. The van der Waals surface area contributed by atoms with Gasteiger partial charge in [-0.2, -0.15) is 0 Å². The third-order valence-electron chi connectivity index (χ3n) is 3.81. The van der Waals surface area contributed by atoms with Crippen molar-refractivity contribution >= 4 is 45.9 Å². The molecule has 2 aromatic carbocycles. The van der Waals surface area contributed by atoms with Crippen molar-refractivity contribution < 1.29 is 4.92 Å². The van der Waals surface area contributed by atoms with E-state index in [4.69, 9.17) is 0 Å². The van der Waals surface area contributed by atoms with E-state index >= 15 is 0 Å². The summed E-state index contributed by atoms with van der Waals surface area (Å²) in [7, 11) is 0. The number of nitro groups is 1. The molecule has 0 N–H and O–H groups in total. The van der Waals surface area contributed by atoms with Gasteiger partial charge < -0.3 is 4.90 Å². The summed E-state index contributed by atoms with van der Waals surface area (Å²) in [6.45, 7) is 7.43. The summed E-state index contributed by atoms with van der Waals surface area (Å²) in [5.41, 5.74) is 3.42. The lowest BCUT2D eigenvalue weighted by Crippen LogP contribution is -2.22. The van der Waals surface area contributed by atoms with Crippen LogP contribution in [0.15, 0.2) is 41.4 Å². The average molecular weight is 437 g/mol. The number of rotatable bonds is 6. The van der Waals surface area contributed by atoms with E-state index in [1.54, 1.807) is 18.3 Å². The van der Waals surface area contributed by atoms with Gasteiger partial charge >= 0.3 is 0 Å². The van der Waals surface area contributed by atoms with Gasteiger partial charge in [-0.15, -0.1) is 0 Å². The maximum absolute atomic E-state index is 11.4. The summed E-state index contributed by atoms with van der Waals surface area (Å²) in [5.74, 6) is 0. The van der Waals surface area contributed by atoms with Crippen LogP contribution in [0.25, 0.3) is 0 Å². The Balaban J connectivity index is 2.36. The molecule has 0 aliphatic carbocycles. The van der Waals surface area contributed by atoms with Crippen LogP contribution in [0.5, 0.6) is 0 Å². The van der Waals surface area contributed by atoms with Gasteiger partial charge in [0, 0.05) is 28.9 Å². The predicted molar refractivity (Wildman–Crippen MR) is 108 cm³/mol. The van der Waals surface area contributed by atoms with Crippen LogP contribution in [0.3, 0.4) is 0 Å². The first-order valence-corrected chi connectivity index (χ1v) is 8.87. The molecule has 0 spiro atoms. The minimum absolute atomic E-state index is 0.113. The first-order valence-electron chi connectivity index (χ1n) is 7.79. The zero-order chi connectivity index (χ0) is 17.7. The van der Waals surface area contributed by atoms with Gasteiger partial charge in [-0.25, -0.2) is 0 Å². The molecule has 0 atom stereocenters. The minimum Gasteiger partial charge on any atom is -0.367 e. The van der Waals surface area contributed by atoms with Crippen LogP contribution < -0.4 is 4.90 Å². The fourth-order valence-electron chi connectivity index (χ4n) is 2.51. The van der Waals surface area contributed by atoms with Crippen molar-refractivity contribution in [2.45, 2.75) is 20.8 Å². The molecule has 126 valence electrons. The zero-order valence-corrected chi connectivity index (χ0v) is 16.1. The molecule has 2 aromatic rings. The van der Waals surface area contributed by atoms with E-state index in [0.29, 0.717) is 5.69 Å². The van der Waals surface area contributed by atoms with Gasteiger partial charge in [0.05, 0.1) is 10.6 Å². The molecule has 24 heavy (non-hydrogen) atoms. The van der Waals surface area contributed by atoms with Crippen LogP contribution in [0.4, 0.5) is 17.1 Å². The van der Waals surface area contributed by atoms with Gasteiger partial charge in [0.1, 0.15) is 5.69 Å². The number of benzene rings is 2. The molecule has 0 bridgehead atoms. The van der Waals surface area contributed by atoms with Crippen molar-refractivity contribution in [3.63, 3.8) is 0 Å². The summed E-state index contributed by atoms with van der Waals surface area (Å²) in [4.78, 5) is 17.5. The Kier molecular flexibility index (Phi) is 6.30. The maximum atomic E-state index is 11.4. The molecule has 0 radical (unpaired) electrons. The van der Waals surface area contributed by atoms with Gasteiger partial charge in [-0.3, -0.25) is 15.1 Å². The van der Waals surface area contributed by atoms with Crippen LogP contribution >= 0.6 is 22.6 Å². The van der Waals surface area contributed by atoms with Crippen LogP contribution in [0.2, 0.25) is 0 Å². The van der Waals surface area contributed by atoms with E-state index in [9.17, 15) is 10.1 Å². The highest BCUT2D eigenvalue weighted by molar-refractivity contribution is 14.1. The summed E-state index contributed by atoms with van der Waals surface area (Å²) in [6.07, 6.45) is 1.67. The number of hydrogen-bond acceptors (Lipinski definition) is 4. The van der Waals surface area contributed by atoms with E-state index in [0.717, 1.165) is 33.5 Å². The summed E-state index contributed by atoms with van der Waals surface area (Å²) in [5, 5.41) is 11.4. The maximum Gasteiger partial charge on any atom is 0.293 e.